The first kappa shape index (κ1) is 8.45. The van der Waals surface area contributed by atoms with Crippen molar-refractivity contribution in [3.05, 3.63) is 35.5 Å². The second-order valence-electron chi connectivity index (χ2n) is 3.61. The lowest BCUT2D eigenvalue weighted by molar-refractivity contribution is -0.104. The van der Waals surface area contributed by atoms with Crippen molar-refractivity contribution in [1.82, 2.24) is 0 Å². The van der Waals surface area contributed by atoms with Gasteiger partial charge in [0.05, 0.1) is 0 Å². The molecule has 2 aliphatic carbocycles. The molecule has 2 unspecified atom stereocenters. The van der Waals surface area contributed by atoms with Crippen LogP contribution in [0.4, 0.5) is 0 Å². The molecule has 2 nitrogen and oxygen atoms in total. The average molecular weight is 175 g/mol. The van der Waals surface area contributed by atoms with Crippen LogP contribution in [0.5, 0.6) is 0 Å². The van der Waals surface area contributed by atoms with Gasteiger partial charge in [-0.25, -0.2) is 0 Å². The largest absolute Gasteiger partial charge is 0.327 e. The van der Waals surface area contributed by atoms with Crippen LogP contribution in [-0.2, 0) is 4.79 Å². The molecule has 0 radical (unpaired) electrons. The second-order valence-corrected chi connectivity index (χ2v) is 3.61. The minimum Gasteiger partial charge on any atom is -0.327 e. The third kappa shape index (κ3) is 1.78. The van der Waals surface area contributed by atoms with Gasteiger partial charge in [0.25, 0.3) is 0 Å². The molecule has 2 heteroatoms. The summed E-state index contributed by atoms with van der Waals surface area (Å²) in [5, 5.41) is 0. The van der Waals surface area contributed by atoms with E-state index in [4.69, 9.17) is 5.73 Å². The summed E-state index contributed by atoms with van der Waals surface area (Å²) in [7, 11) is 0. The number of allylic oxidation sites excluding steroid dienone is 5. The van der Waals surface area contributed by atoms with Crippen LogP contribution >= 0.6 is 0 Å². The maximum Gasteiger partial charge on any atom is 0.149 e. The van der Waals surface area contributed by atoms with E-state index in [0.717, 1.165) is 24.7 Å². The van der Waals surface area contributed by atoms with Crippen molar-refractivity contribution < 1.29 is 4.79 Å². The SMILES string of the molecule is NC1CC1C1=CC(C=O)=CCC=C1. The van der Waals surface area contributed by atoms with Crippen LogP contribution in [0.3, 0.4) is 0 Å². The molecule has 2 aliphatic rings. The molecule has 2 rings (SSSR count). The maximum absolute atomic E-state index is 10.6. The van der Waals surface area contributed by atoms with Gasteiger partial charge in [0.2, 0.25) is 0 Å². The molecule has 13 heavy (non-hydrogen) atoms. The quantitative estimate of drug-likeness (QED) is 0.644. The lowest BCUT2D eigenvalue weighted by Crippen LogP contribution is -2.02. The number of carbonyl (C=O) groups is 1. The lowest BCUT2D eigenvalue weighted by atomic mass is 10.1. The topological polar surface area (TPSA) is 43.1 Å². The zero-order valence-electron chi connectivity index (χ0n) is 7.44. The van der Waals surface area contributed by atoms with Crippen LogP contribution in [0.15, 0.2) is 35.5 Å². The summed E-state index contributed by atoms with van der Waals surface area (Å²) in [6.07, 6.45) is 10.9. The molecule has 0 bridgehead atoms. The van der Waals surface area contributed by atoms with E-state index in [1.165, 1.54) is 5.57 Å². The molecular weight excluding hydrogens is 162 g/mol. The predicted molar refractivity (Wildman–Crippen MR) is 52.1 cm³/mol. The molecule has 0 aromatic rings. The summed E-state index contributed by atoms with van der Waals surface area (Å²) < 4.78 is 0. The number of nitrogens with two attached hydrogens (primary N) is 1. The van der Waals surface area contributed by atoms with Gasteiger partial charge >= 0.3 is 0 Å². The van der Waals surface area contributed by atoms with E-state index in [1.807, 2.05) is 12.2 Å². The standard InChI is InChI=1S/C11H13NO/c12-11-6-10(11)9-4-2-1-3-8(5-9)7-13/h2-5,7,10-11H,1,6,12H2. The second kappa shape index (κ2) is 3.30. The first-order chi connectivity index (χ1) is 6.31. The van der Waals surface area contributed by atoms with Crippen molar-refractivity contribution in [2.24, 2.45) is 11.7 Å². The minimum absolute atomic E-state index is 0.307. The van der Waals surface area contributed by atoms with Gasteiger partial charge in [-0.2, -0.15) is 0 Å². The third-order valence-corrected chi connectivity index (χ3v) is 2.54. The zero-order valence-corrected chi connectivity index (χ0v) is 7.44. The van der Waals surface area contributed by atoms with Crippen molar-refractivity contribution in [2.75, 3.05) is 0 Å². The van der Waals surface area contributed by atoms with Gasteiger partial charge in [-0.1, -0.05) is 18.2 Å². The van der Waals surface area contributed by atoms with E-state index in [9.17, 15) is 4.79 Å². The van der Waals surface area contributed by atoms with Gasteiger partial charge in [-0.05, 0) is 24.5 Å². The smallest absolute Gasteiger partial charge is 0.149 e. The molecule has 0 saturated heterocycles. The molecule has 68 valence electrons. The Hall–Kier alpha value is -1.15. The van der Waals surface area contributed by atoms with Crippen LogP contribution in [0.1, 0.15) is 12.8 Å². The van der Waals surface area contributed by atoms with E-state index in [2.05, 4.69) is 12.2 Å². The molecular formula is C11H13NO. The van der Waals surface area contributed by atoms with Crippen LogP contribution in [0, 0.1) is 5.92 Å². The number of carbonyl (C=O) groups excluding carboxylic acids is 1. The number of hydrogen-bond donors (Lipinski definition) is 1. The van der Waals surface area contributed by atoms with E-state index in [-0.39, 0.29) is 0 Å². The Morgan fingerprint density at radius 3 is 2.92 bits per heavy atom. The minimum atomic E-state index is 0.307. The summed E-state index contributed by atoms with van der Waals surface area (Å²) in [6.45, 7) is 0. The molecule has 0 heterocycles. The molecule has 1 fully saturated rings. The van der Waals surface area contributed by atoms with Gasteiger partial charge in [-0.3, -0.25) is 4.79 Å². The summed E-state index contributed by atoms with van der Waals surface area (Å²) in [5.74, 6) is 0.484. The Morgan fingerprint density at radius 2 is 2.31 bits per heavy atom. The molecule has 0 aliphatic heterocycles. The molecule has 2 N–H and O–H groups in total. The van der Waals surface area contributed by atoms with Crippen molar-refractivity contribution >= 4 is 6.29 Å². The van der Waals surface area contributed by atoms with E-state index >= 15 is 0 Å². The highest BCUT2D eigenvalue weighted by atomic mass is 16.1. The fraction of sp³-hybridized carbons (Fsp3) is 0.364. The zero-order chi connectivity index (χ0) is 9.26. The number of aldehydes is 1. The summed E-state index contributed by atoms with van der Waals surface area (Å²) >= 11 is 0. The maximum atomic E-state index is 10.6. The molecule has 1 saturated carbocycles. The van der Waals surface area contributed by atoms with Crippen LogP contribution in [0.2, 0.25) is 0 Å². The van der Waals surface area contributed by atoms with Gasteiger partial charge in [0.15, 0.2) is 0 Å². The van der Waals surface area contributed by atoms with E-state index in [1.54, 1.807) is 0 Å². The molecule has 0 amide bonds. The summed E-state index contributed by atoms with van der Waals surface area (Å²) in [6, 6.07) is 0.307. The fourth-order valence-electron chi connectivity index (χ4n) is 1.62. The van der Waals surface area contributed by atoms with Gasteiger partial charge in [0.1, 0.15) is 6.29 Å². The molecule has 2 atom stereocenters. The van der Waals surface area contributed by atoms with Gasteiger partial charge in [-0.15, -0.1) is 0 Å². The van der Waals surface area contributed by atoms with E-state index in [0.29, 0.717) is 12.0 Å². The highest BCUT2D eigenvalue weighted by Gasteiger charge is 2.35. The summed E-state index contributed by atoms with van der Waals surface area (Å²) in [4.78, 5) is 10.6. The Labute approximate surface area is 77.8 Å². The monoisotopic (exact) mass is 175 g/mol. The van der Waals surface area contributed by atoms with Gasteiger partial charge < -0.3 is 5.73 Å². The predicted octanol–water partition coefficient (Wildman–Crippen LogP) is 1.35. The van der Waals surface area contributed by atoms with Crippen molar-refractivity contribution in [3.8, 4) is 0 Å². The van der Waals surface area contributed by atoms with E-state index < -0.39 is 0 Å². The normalized spacial score (nSPS) is 31.8. The Morgan fingerprint density at radius 1 is 1.54 bits per heavy atom. The van der Waals surface area contributed by atoms with Crippen molar-refractivity contribution in [1.29, 1.82) is 0 Å². The first-order valence-electron chi connectivity index (χ1n) is 4.60. The van der Waals surface area contributed by atoms with Crippen molar-refractivity contribution in [2.45, 2.75) is 18.9 Å². The molecule has 0 spiro atoms. The summed E-state index contributed by atoms with van der Waals surface area (Å²) in [5.41, 5.74) is 7.74. The molecule has 0 aromatic heterocycles. The lowest BCUT2D eigenvalue weighted by Gasteiger charge is -1.97. The van der Waals surface area contributed by atoms with Gasteiger partial charge in [0, 0.05) is 17.5 Å². The molecule has 0 aromatic carbocycles. The van der Waals surface area contributed by atoms with Crippen LogP contribution in [-0.4, -0.2) is 12.3 Å². The fourth-order valence-corrected chi connectivity index (χ4v) is 1.62. The Balaban J connectivity index is 2.20. The van der Waals surface area contributed by atoms with Crippen molar-refractivity contribution in [3.63, 3.8) is 0 Å². The Kier molecular flexibility index (Phi) is 2.15. The van der Waals surface area contributed by atoms with Crippen LogP contribution in [0.25, 0.3) is 0 Å². The number of rotatable bonds is 2. The number of hydrogen-bond acceptors (Lipinski definition) is 2. The third-order valence-electron chi connectivity index (χ3n) is 2.54. The van der Waals surface area contributed by atoms with Crippen LogP contribution < -0.4 is 5.73 Å². The highest BCUT2D eigenvalue weighted by Crippen LogP contribution is 2.37. The highest BCUT2D eigenvalue weighted by molar-refractivity contribution is 5.78. The first-order valence-corrected chi connectivity index (χ1v) is 4.60. The Bertz CT molecular complexity index is 312. The average Bonchev–Trinajstić information content (AvgIpc) is 2.87.